The number of rotatable bonds is 6. The largest absolute Gasteiger partial charge is 0.313 e. The summed E-state index contributed by atoms with van der Waals surface area (Å²) in [4.78, 5) is 16.3. The van der Waals surface area contributed by atoms with E-state index in [-0.39, 0.29) is 0 Å². The van der Waals surface area contributed by atoms with Gasteiger partial charge in [-0.05, 0) is 79.1 Å². The van der Waals surface area contributed by atoms with Gasteiger partial charge in [0.25, 0.3) is 0 Å². The summed E-state index contributed by atoms with van der Waals surface area (Å²) in [5.74, 6) is 1.90. The Kier molecular flexibility index (Phi) is 7.59. The fraction of sp³-hybridized carbons (Fsp3) is 0.0364. The first kappa shape index (κ1) is 34.6. The van der Waals surface area contributed by atoms with Gasteiger partial charge >= 0.3 is 0 Å². The lowest BCUT2D eigenvalue weighted by Crippen LogP contribution is -2.11. The molecule has 5 aromatic heterocycles. The van der Waals surface area contributed by atoms with E-state index in [4.69, 9.17) is 15.0 Å². The molecule has 7 heteroatoms. The van der Waals surface area contributed by atoms with Gasteiger partial charge in [-0.1, -0.05) is 140 Å². The van der Waals surface area contributed by atoms with Crippen molar-refractivity contribution in [1.29, 1.82) is 0 Å². The average molecular weight is 796 g/mol. The van der Waals surface area contributed by atoms with Gasteiger partial charge in [0.15, 0.2) is 11.6 Å². The van der Waals surface area contributed by atoms with Crippen molar-refractivity contribution < 1.29 is 0 Å². The number of fused-ring (bicyclic) bond motifs is 10. The van der Waals surface area contributed by atoms with Gasteiger partial charge in [-0.3, -0.25) is 4.57 Å². The molecule has 62 heavy (non-hydrogen) atoms. The van der Waals surface area contributed by atoms with Crippen LogP contribution in [0.15, 0.2) is 194 Å². The van der Waals surface area contributed by atoms with Gasteiger partial charge in [0.2, 0.25) is 5.95 Å². The van der Waals surface area contributed by atoms with E-state index in [2.05, 4.69) is 200 Å². The molecule has 0 atom stereocenters. The van der Waals surface area contributed by atoms with Crippen LogP contribution in [0.5, 0.6) is 0 Å². The first-order valence-electron chi connectivity index (χ1n) is 21.2. The molecule has 0 unspecified atom stereocenters. The van der Waals surface area contributed by atoms with Crippen molar-refractivity contribution in [2.45, 2.75) is 12.8 Å². The lowest BCUT2D eigenvalue weighted by atomic mass is 9.95. The van der Waals surface area contributed by atoms with E-state index in [1.165, 1.54) is 33.2 Å². The van der Waals surface area contributed by atoms with E-state index in [0.717, 1.165) is 73.8 Å². The summed E-state index contributed by atoms with van der Waals surface area (Å²) in [7, 11) is 0. The number of aromatic nitrogens is 7. The number of benzene rings is 7. The van der Waals surface area contributed by atoms with E-state index in [0.29, 0.717) is 17.6 Å². The summed E-state index contributed by atoms with van der Waals surface area (Å²) in [6.45, 7) is 0. The molecule has 7 aromatic carbocycles. The van der Waals surface area contributed by atoms with Crippen LogP contribution in [-0.4, -0.2) is 33.2 Å². The minimum atomic E-state index is 0.579. The molecule has 7 nitrogen and oxygen atoms in total. The summed E-state index contributed by atoms with van der Waals surface area (Å²) >= 11 is 0. The van der Waals surface area contributed by atoms with Crippen LogP contribution < -0.4 is 0 Å². The van der Waals surface area contributed by atoms with Crippen molar-refractivity contribution >= 4 is 66.4 Å². The van der Waals surface area contributed by atoms with Crippen molar-refractivity contribution in [2.75, 3.05) is 0 Å². The highest BCUT2D eigenvalue weighted by molar-refractivity contribution is 6.25. The molecule has 0 bridgehead atoms. The lowest BCUT2D eigenvalue weighted by Gasteiger charge is -2.18. The predicted molar refractivity (Wildman–Crippen MR) is 253 cm³/mol. The Morgan fingerprint density at radius 2 is 0.790 bits per heavy atom. The third-order valence-corrected chi connectivity index (χ3v) is 12.5. The summed E-state index contributed by atoms with van der Waals surface area (Å²) in [6, 6.07) is 68.5. The molecule has 0 N–H and O–H groups in total. The molecule has 0 spiro atoms. The predicted octanol–water partition coefficient (Wildman–Crippen LogP) is 13.0. The van der Waals surface area contributed by atoms with Crippen LogP contribution in [-0.2, 0) is 6.42 Å². The molecule has 0 saturated heterocycles. The zero-order valence-electron chi connectivity index (χ0n) is 33.6. The SMILES string of the molecule is C1=C(c2nc(-c3ccccc3)nc(-n3c4ccccc4c4c3c3c(c5ccccc5n3-c3ccccc3)n4-c3ccccc3)n2)CCc2c1c1ccccc1n2-c1ccccc1. The van der Waals surface area contributed by atoms with Crippen LogP contribution >= 0.6 is 0 Å². The van der Waals surface area contributed by atoms with Gasteiger partial charge in [-0.2, -0.15) is 9.97 Å². The van der Waals surface area contributed by atoms with E-state index in [1.54, 1.807) is 0 Å². The monoisotopic (exact) mass is 795 g/mol. The highest BCUT2D eigenvalue weighted by Gasteiger charge is 2.30. The molecule has 12 aromatic rings. The van der Waals surface area contributed by atoms with Crippen LogP contribution in [0.3, 0.4) is 0 Å². The Hall–Kier alpha value is -8.29. The van der Waals surface area contributed by atoms with Gasteiger partial charge in [0.1, 0.15) is 5.52 Å². The van der Waals surface area contributed by atoms with E-state index >= 15 is 0 Å². The van der Waals surface area contributed by atoms with Crippen molar-refractivity contribution in [2.24, 2.45) is 0 Å². The van der Waals surface area contributed by atoms with Gasteiger partial charge in [0, 0.05) is 50.0 Å². The van der Waals surface area contributed by atoms with Crippen molar-refractivity contribution in [3.05, 3.63) is 211 Å². The maximum Gasteiger partial charge on any atom is 0.238 e. The number of para-hydroxylation sites is 6. The Morgan fingerprint density at radius 3 is 1.40 bits per heavy atom. The van der Waals surface area contributed by atoms with Gasteiger partial charge < -0.3 is 13.7 Å². The topological polar surface area (TPSA) is 58.4 Å². The summed E-state index contributed by atoms with van der Waals surface area (Å²) in [5, 5.41) is 3.50. The zero-order chi connectivity index (χ0) is 40.7. The first-order valence-corrected chi connectivity index (χ1v) is 21.2. The van der Waals surface area contributed by atoms with Crippen LogP contribution in [0, 0.1) is 0 Å². The fourth-order valence-corrected chi connectivity index (χ4v) is 9.93. The van der Waals surface area contributed by atoms with Crippen molar-refractivity contribution in [3.8, 4) is 34.4 Å². The van der Waals surface area contributed by atoms with Crippen LogP contribution in [0.4, 0.5) is 0 Å². The molecule has 0 radical (unpaired) electrons. The third-order valence-electron chi connectivity index (χ3n) is 12.5. The van der Waals surface area contributed by atoms with Crippen LogP contribution in [0.1, 0.15) is 23.5 Å². The second-order valence-corrected chi connectivity index (χ2v) is 16.0. The molecule has 13 rings (SSSR count). The van der Waals surface area contributed by atoms with E-state index < -0.39 is 0 Å². The Balaban J connectivity index is 1.14. The zero-order valence-corrected chi connectivity index (χ0v) is 33.6. The molecular weight excluding hydrogens is 759 g/mol. The quantitative estimate of drug-likeness (QED) is 0.168. The minimum absolute atomic E-state index is 0.579. The highest BCUT2D eigenvalue weighted by Crippen LogP contribution is 2.46. The van der Waals surface area contributed by atoms with Crippen LogP contribution in [0.2, 0.25) is 0 Å². The standard InChI is InChI=1S/C55H37N7/c1-5-19-36(20-6-1)53-56-54(37-33-34-48-44(35-37)41-27-13-16-30-45(41)59(48)38-21-7-2-8-22-38)58-55(57-53)62-47-32-18-15-29-43(47)50-52(62)51-49(61(50)40-25-11-4-12-26-40)42-28-14-17-31-46(42)60(51)39-23-9-3-10-24-39/h1-32,35H,33-34H2. The average Bonchev–Trinajstić information content (AvgIpc) is 4.07. The number of allylic oxidation sites excluding steroid dienone is 1. The Labute approximate surface area is 356 Å². The lowest BCUT2D eigenvalue weighted by molar-refractivity contribution is 0.874. The van der Waals surface area contributed by atoms with E-state index in [1.807, 2.05) is 18.2 Å². The molecule has 0 amide bonds. The molecule has 0 fully saturated rings. The second-order valence-electron chi connectivity index (χ2n) is 16.0. The number of hydrogen-bond donors (Lipinski definition) is 0. The van der Waals surface area contributed by atoms with Gasteiger partial charge in [0.05, 0.1) is 33.1 Å². The Bertz CT molecular complexity index is 3720. The first-order chi connectivity index (χ1) is 30.8. The van der Waals surface area contributed by atoms with Crippen LogP contribution in [0.25, 0.3) is 101 Å². The smallest absolute Gasteiger partial charge is 0.238 e. The second kappa shape index (κ2) is 13.6. The number of hydrogen-bond acceptors (Lipinski definition) is 3. The maximum absolute atomic E-state index is 5.54. The maximum atomic E-state index is 5.54. The number of nitrogens with zero attached hydrogens (tertiary/aromatic N) is 7. The Morgan fingerprint density at radius 1 is 0.339 bits per heavy atom. The van der Waals surface area contributed by atoms with Gasteiger partial charge in [-0.15, -0.1) is 0 Å². The van der Waals surface area contributed by atoms with Crippen molar-refractivity contribution in [1.82, 2.24) is 33.2 Å². The molecular formula is C55H37N7. The summed E-state index contributed by atoms with van der Waals surface area (Å²) < 4.78 is 9.57. The summed E-state index contributed by atoms with van der Waals surface area (Å²) in [6.07, 6.45) is 3.96. The molecule has 0 saturated carbocycles. The van der Waals surface area contributed by atoms with Gasteiger partial charge in [-0.25, -0.2) is 4.98 Å². The summed E-state index contributed by atoms with van der Waals surface area (Å²) in [5.41, 5.74) is 15.6. The van der Waals surface area contributed by atoms with E-state index in [9.17, 15) is 0 Å². The van der Waals surface area contributed by atoms with Crippen molar-refractivity contribution in [3.63, 3.8) is 0 Å². The molecule has 5 heterocycles. The third kappa shape index (κ3) is 5.08. The fourth-order valence-electron chi connectivity index (χ4n) is 9.93. The molecule has 1 aliphatic carbocycles. The molecule has 1 aliphatic rings. The normalized spacial score (nSPS) is 12.8. The minimum Gasteiger partial charge on any atom is -0.313 e. The molecule has 292 valence electrons. The highest BCUT2D eigenvalue weighted by atomic mass is 15.2. The molecule has 0 aliphatic heterocycles.